The van der Waals surface area contributed by atoms with Crippen molar-refractivity contribution < 1.29 is 19.2 Å². The van der Waals surface area contributed by atoms with Gasteiger partial charge in [-0.15, -0.1) is 0 Å². The summed E-state index contributed by atoms with van der Waals surface area (Å²) in [6.07, 6.45) is 1.67. The Morgan fingerprint density at radius 2 is 1.97 bits per heavy atom. The van der Waals surface area contributed by atoms with Crippen LogP contribution in [-0.2, 0) is 4.79 Å². The molecule has 0 unspecified atom stereocenters. The zero-order valence-corrected chi connectivity index (χ0v) is 18.4. The Bertz CT molecular complexity index is 1320. The Kier molecular flexibility index (Phi) is 6.02. The molecule has 0 aliphatic carbocycles. The number of nitro benzene ring substituents is 1. The third-order valence-corrected chi connectivity index (χ3v) is 6.27. The maximum Gasteiger partial charge on any atom is 0.343 e. The molecule has 0 atom stereocenters. The van der Waals surface area contributed by atoms with Gasteiger partial charge in [0.25, 0.3) is 11.6 Å². The molecule has 3 aromatic carbocycles. The van der Waals surface area contributed by atoms with Crippen LogP contribution >= 0.6 is 24.0 Å². The van der Waals surface area contributed by atoms with Crippen molar-refractivity contribution in [2.45, 2.75) is 6.92 Å². The largest absolute Gasteiger partial charge is 0.422 e. The lowest BCUT2D eigenvalue weighted by atomic mass is 10.0. The van der Waals surface area contributed by atoms with Crippen LogP contribution in [0.1, 0.15) is 22.8 Å². The molecule has 32 heavy (non-hydrogen) atoms. The highest BCUT2D eigenvalue weighted by Gasteiger charge is 2.31. The number of carbonyl (C=O) groups is 2. The van der Waals surface area contributed by atoms with Crippen LogP contribution in [0.25, 0.3) is 16.8 Å². The van der Waals surface area contributed by atoms with Crippen molar-refractivity contribution in [2.24, 2.45) is 0 Å². The van der Waals surface area contributed by atoms with Gasteiger partial charge in [0.05, 0.1) is 15.4 Å². The molecule has 4 rings (SSSR count). The Balaban J connectivity index is 1.78. The van der Waals surface area contributed by atoms with Crippen molar-refractivity contribution in [1.29, 1.82) is 0 Å². The molecule has 7 nitrogen and oxygen atoms in total. The van der Waals surface area contributed by atoms with E-state index in [-0.39, 0.29) is 22.9 Å². The van der Waals surface area contributed by atoms with E-state index in [4.69, 9.17) is 17.0 Å². The molecule has 1 aliphatic rings. The first kappa shape index (κ1) is 21.7. The Morgan fingerprint density at radius 3 is 2.69 bits per heavy atom. The molecule has 0 N–H and O–H groups in total. The van der Waals surface area contributed by atoms with Crippen molar-refractivity contribution >= 4 is 62.7 Å². The minimum Gasteiger partial charge on any atom is -0.422 e. The van der Waals surface area contributed by atoms with Crippen LogP contribution in [-0.4, -0.2) is 32.6 Å². The standard InChI is InChI=1S/C23H16N2O5S2/c1-2-24-21(26)20(32-23(24)31)13-18-17-9-4-3-6-14(17)10-11-19(18)30-22(27)15-7-5-8-16(12-15)25(28)29/h3-13H,2H2,1H3/b20-13+. The van der Waals surface area contributed by atoms with E-state index in [0.29, 0.717) is 21.3 Å². The van der Waals surface area contributed by atoms with Crippen molar-refractivity contribution in [2.75, 3.05) is 6.54 Å². The van der Waals surface area contributed by atoms with Gasteiger partial charge in [-0.05, 0) is 35.9 Å². The number of nitro groups is 1. The summed E-state index contributed by atoms with van der Waals surface area (Å²) < 4.78 is 6.10. The fraction of sp³-hybridized carbons (Fsp3) is 0.0870. The Labute approximate surface area is 192 Å². The van der Waals surface area contributed by atoms with E-state index in [9.17, 15) is 19.7 Å². The Hall–Kier alpha value is -3.56. The fourth-order valence-electron chi connectivity index (χ4n) is 3.32. The van der Waals surface area contributed by atoms with Crippen LogP contribution in [0.5, 0.6) is 5.75 Å². The Morgan fingerprint density at radius 1 is 1.19 bits per heavy atom. The summed E-state index contributed by atoms with van der Waals surface area (Å²) in [6, 6.07) is 16.3. The number of fused-ring (bicyclic) bond motifs is 1. The number of likely N-dealkylation sites (N-methyl/N-ethyl adjacent to an activating group) is 1. The molecule has 9 heteroatoms. The number of amides is 1. The minimum atomic E-state index is -0.736. The summed E-state index contributed by atoms with van der Waals surface area (Å²) in [5.41, 5.74) is 0.399. The first-order chi connectivity index (χ1) is 15.4. The van der Waals surface area contributed by atoms with Crippen LogP contribution in [0, 0.1) is 10.1 Å². The average Bonchev–Trinajstić information content (AvgIpc) is 3.07. The number of thioether (sulfide) groups is 1. The molecule has 1 fully saturated rings. The number of carbonyl (C=O) groups excluding carboxylic acids is 2. The molecule has 1 aliphatic heterocycles. The molecule has 0 bridgehead atoms. The zero-order chi connectivity index (χ0) is 22.8. The van der Waals surface area contributed by atoms with Gasteiger partial charge in [0.15, 0.2) is 0 Å². The topological polar surface area (TPSA) is 89.8 Å². The number of thiocarbonyl (C=S) groups is 1. The first-order valence-electron chi connectivity index (χ1n) is 9.62. The third kappa shape index (κ3) is 4.12. The van der Waals surface area contributed by atoms with Gasteiger partial charge in [-0.2, -0.15) is 0 Å². The summed E-state index contributed by atoms with van der Waals surface area (Å²) in [5.74, 6) is -0.701. The quantitative estimate of drug-likeness (QED) is 0.128. The van der Waals surface area contributed by atoms with Crippen molar-refractivity contribution in [3.05, 3.63) is 86.8 Å². The number of esters is 1. The molecule has 1 amide bonds. The zero-order valence-electron chi connectivity index (χ0n) is 16.8. The van der Waals surface area contributed by atoms with E-state index in [2.05, 4.69) is 0 Å². The van der Waals surface area contributed by atoms with Crippen molar-refractivity contribution in [3.63, 3.8) is 0 Å². The summed E-state index contributed by atoms with van der Waals surface area (Å²) in [4.78, 5) is 37.9. The van der Waals surface area contributed by atoms with Gasteiger partial charge in [-0.25, -0.2) is 4.79 Å². The van der Waals surface area contributed by atoms with Gasteiger partial charge in [0.2, 0.25) is 0 Å². The van der Waals surface area contributed by atoms with E-state index in [1.807, 2.05) is 31.2 Å². The van der Waals surface area contributed by atoms with Crippen molar-refractivity contribution in [1.82, 2.24) is 4.90 Å². The lowest BCUT2D eigenvalue weighted by Crippen LogP contribution is -2.27. The third-order valence-electron chi connectivity index (χ3n) is 4.89. The number of nitrogens with zero attached hydrogens (tertiary/aromatic N) is 2. The summed E-state index contributed by atoms with van der Waals surface area (Å²) in [6.45, 7) is 2.31. The summed E-state index contributed by atoms with van der Waals surface area (Å²) in [7, 11) is 0. The fourth-order valence-corrected chi connectivity index (χ4v) is 4.69. The molecule has 1 saturated heterocycles. The monoisotopic (exact) mass is 464 g/mol. The van der Waals surface area contributed by atoms with Gasteiger partial charge >= 0.3 is 5.97 Å². The van der Waals surface area contributed by atoms with E-state index < -0.39 is 10.9 Å². The van der Waals surface area contributed by atoms with Gasteiger partial charge in [0.1, 0.15) is 10.1 Å². The lowest BCUT2D eigenvalue weighted by Gasteiger charge is -2.12. The van der Waals surface area contributed by atoms with Gasteiger partial charge in [0, 0.05) is 24.2 Å². The number of benzene rings is 3. The highest BCUT2D eigenvalue weighted by atomic mass is 32.2. The molecule has 0 spiro atoms. The van der Waals surface area contributed by atoms with Crippen molar-refractivity contribution in [3.8, 4) is 5.75 Å². The smallest absolute Gasteiger partial charge is 0.343 e. The van der Waals surface area contributed by atoms with E-state index >= 15 is 0 Å². The van der Waals surface area contributed by atoms with Crippen LogP contribution in [0.2, 0.25) is 0 Å². The second kappa shape index (κ2) is 8.89. The van der Waals surface area contributed by atoms with Gasteiger partial charge in [-0.1, -0.05) is 60.4 Å². The highest BCUT2D eigenvalue weighted by molar-refractivity contribution is 8.26. The van der Waals surface area contributed by atoms with Crippen LogP contribution in [0.3, 0.4) is 0 Å². The maximum atomic E-state index is 12.8. The predicted molar refractivity (Wildman–Crippen MR) is 128 cm³/mol. The van der Waals surface area contributed by atoms with E-state index in [1.165, 1.54) is 34.9 Å². The van der Waals surface area contributed by atoms with E-state index in [0.717, 1.165) is 16.8 Å². The number of hydrogen-bond acceptors (Lipinski definition) is 7. The summed E-state index contributed by atoms with van der Waals surface area (Å²) in [5, 5.41) is 12.7. The van der Waals surface area contributed by atoms with Gasteiger partial charge < -0.3 is 4.74 Å². The molecule has 1 heterocycles. The molecule has 3 aromatic rings. The van der Waals surface area contributed by atoms with Crippen LogP contribution in [0.15, 0.2) is 65.6 Å². The number of hydrogen-bond donors (Lipinski definition) is 0. The molecule has 0 radical (unpaired) electrons. The second-order valence-corrected chi connectivity index (χ2v) is 8.50. The molecule has 160 valence electrons. The molecular weight excluding hydrogens is 448 g/mol. The number of ether oxygens (including phenoxy) is 1. The number of rotatable bonds is 5. The SMILES string of the molecule is CCN1C(=O)/C(=C\c2c(OC(=O)c3cccc([N+](=O)[O-])c3)ccc3ccccc23)SC1=S. The second-order valence-electron chi connectivity index (χ2n) is 6.82. The first-order valence-corrected chi connectivity index (χ1v) is 10.8. The minimum absolute atomic E-state index is 0.0515. The average molecular weight is 465 g/mol. The lowest BCUT2D eigenvalue weighted by molar-refractivity contribution is -0.384. The maximum absolute atomic E-state index is 12.8. The van der Waals surface area contributed by atoms with Gasteiger partial charge in [-0.3, -0.25) is 19.8 Å². The predicted octanol–water partition coefficient (Wildman–Crippen LogP) is 5.19. The normalized spacial score (nSPS) is 14.9. The van der Waals surface area contributed by atoms with Crippen LogP contribution in [0.4, 0.5) is 5.69 Å². The van der Waals surface area contributed by atoms with Crippen LogP contribution < -0.4 is 4.74 Å². The molecular formula is C23H16N2O5S2. The summed E-state index contributed by atoms with van der Waals surface area (Å²) >= 11 is 6.48. The van der Waals surface area contributed by atoms with E-state index in [1.54, 1.807) is 18.2 Å². The highest BCUT2D eigenvalue weighted by Crippen LogP contribution is 2.37. The number of non-ortho nitro benzene ring substituents is 1. The molecule has 0 aromatic heterocycles. The molecule has 0 saturated carbocycles.